The number of nitro groups is 1. The number of non-ortho nitro benzene ring substituents is 1. The van der Waals surface area contributed by atoms with E-state index < -0.39 is 63.8 Å². The summed E-state index contributed by atoms with van der Waals surface area (Å²) >= 11 is 0. The van der Waals surface area contributed by atoms with Crippen molar-refractivity contribution in [3.05, 3.63) is 75.3 Å². The molecule has 0 bridgehead atoms. The molecule has 8 nitrogen and oxygen atoms in total. The van der Waals surface area contributed by atoms with Crippen LogP contribution in [0.2, 0.25) is 0 Å². The summed E-state index contributed by atoms with van der Waals surface area (Å²) in [5.74, 6) is -3.14. The highest BCUT2D eigenvalue weighted by molar-refractivity contribution is 6.10. The molecule has 0 saturated carbocycles. The van der Waals surface area contributed by atoms with Crippen molar-refractivity contribution >= 4 is 23.2 Å². The number of benzene rings is 2. The third-order valence-electron chi connectivity index (χ3n) is 4.37. The number of urea groups is 1. The number of nitro benzene ring substituents is 1. The fraction of sp³-hybridized carbons (Fsp3) is 0.158. The zero-order valence-electron chi connectivity index (χ0n) is 15.7. The van der Waals surface area contributed by atoms with Crippen molar-refractivity contribution in [2.75, 3.05) is 0 Å². The van der Waals surface area contributed by atoms with E-state index in [1.54, 1.807) is 0 Å². The van der Waals surface area contributed by atoms with Crippen molar-refractivity contribution in [3.8, 4) is 5.75 Å². The number of hydrogen-bond acceptors (Lipinski definition) is 5. The molecule has 1 heterocycles. The van der Waals surface area contributed by atoms with E-state index in [2.05, 4.69) is 10.1 Å². The Bertz CT molecular complexity index is 1100. The number of rotatable bonds is 6. The van der Waals surface area contributed by atoms with Crippen LogP contribution in [0.15, 0.2) is 54.1 Å². The van der Waals surface area contributed by atoms with E-state index >= 15 is 0 Å². The fourth-order valence-electron chi connectivity index (χ4n) is 3.11. The fourth-order valence-corrected chi connectivity index (χ4v) is 3.11. The van der Waals surface area contributed by atoms with Crippen molar-refractivity contribution in [3.63, 3.8) is 0 Å². The summed E-state index contributed by atoms with van der Waals surface area (Å²) in [7, 11) is 0. The summed E-state index contributed by atoms with van der Waals surface area (Å²) < 4.78 is 70.4. The Kier molecular flexibility index (Phi) is 6.09. The van der Waals surface area contributed by atoms with Crippen LogP contribution >= 0.6 is 0 Å². The number of alkyl halides is 5. The predicted octanol–water partition coefficient (Wildman–Crippen LogP) is 4.09. The van der Waals surface area contributed by atoms with Crippen LogP contribution < -0.4 is 15.4 Å². The first-order valence-electron chi connectivity index (χ1n) is 8.70. The van der Waals surface area contributed by atoms with E-state index in [4.69, 9.17) is 0 Å². The molecule has 0 unspecified atom stereocenters. The molecule has 0 fully saturated rings. The van der Waals surface area contributed by atoms with Gasteiger partial charge in [-0.3, -0.25) is 14.9 Å². The van der Waals surface area contributed by atoms with Gasteiger partial charge in [0.2, 0.25) is 0 Å². The first-order valence-corrected chi connectivity index (χ1v) is 8.70. The summed E-state index contributed by atoms with van der Waals surface area (Å²) in [5, 5.41) is 15.3. The van der Waals surface area contributed by atoms with Gasteiger partial charge in [0.15, 0.2) is 0 Å². The number of carbonyl (C=O) groups excluding carboxylic acids is 2. The summed E-state index contributed by atoms with van der Waals surface area (Å²) in [5.41, 5.74) is -2.88. The summed E-state index contributed by atoms with van der Waals surface area (Å²) in [6.45, 7) is -3.44. The van der Waals surface area contributed by atoms with Gasteiger partial charge in [0.25, 0.3) is 11.5 Å². The molecule has 0 aliphatic carbocycles. The Balaban J connectivity index is 2.32. The van der Waals surface area contributed by atoms with Crippen molar-refractivity contribution in [2.24, 2.45) is 0 Å². The zero-order valence-corrected chi connectivity index (χ0v) is 15.7. The smallest absolute Gasteiger partial charge is 0.434 e. The van der Waals surface area contributed by atoms with Gasteiger partial charge in [0.05, 0.1) is 22.2 Å². The lowest BCUT2D eigenvalue weighted by Gasteiger charge is -2.31. The van der Waals surface area contributed by atoms with Crippen LogP contribution in [0.25, 0.3) is 5.70 Å². The molecule has 2 aromatic carbocycles. The van der Waals surface area contributed by atoms with Crippen LogP contribution in [0, 0.1) is 10.1 Å². The molecule has 1 aliphatic heterocycles. The van der Waals surface area contributed by atoms with E-state index in [0.29, 0.717) is 6.07 Å². The second kappa shape index (κ2) is 8.61. The second-order valence-electron chi connectivity index (χ2n) is 6.37. The highest BCUT2D eigenvalue weighted by Crippen LogP contribution is 2.40. The Morgan fingerprint density at radius 1 is 1.12 bits per heavy atom. The molecular formula is C19H12F5N3O5. The average Bonchev–Trinajstić information content (AvgIpc) is 2.72. The number of amides is 2. The van der Waals surface area contributed by atoms with Crippen molar-refractivity contribution in [1.29, 1.82) is 0 Å². The van der Waals surface area contributed by atoms with Crippen LogP contribution in [0.4, 0.5) is 32.4 Å². The quantitative estimate of drug-likeness (QED) is 0.386. The predicted molar refractivity (Wildman–Crippen MR) is 98.6 cm³/mol. The van der Waals surface area contributed by atoms with Gasteiger partial charge in [-0.25, -0.2) is 4.79 Å². The monoisotopic (exact) mass is 457 g/mol. The van der Waals surface area contributed by atoms with Crippen LogP contribution in [0.1, 0.15) is 17.2 Å². The SMILES string of the molecule is O=C1NC(c2ccccc2)=C(C(=O)C(F)(F)F)[C@H](c2cc([N+](=O)[O-])ccc2OC(F)F)N1. The normalized spacial score (nSPS) is 16.4. The van der Waals surface area contributed by atoms with Crippen LogP contribution in [0.3, 0.4) is 0 Å². The van der Waals surface area contributed by atoms with Crippen LogP contribution in [-0.4, -0.2) is 29.5 Å². The molecule has 1 aliphatic rings. The van der Waals surface area contributed by atoms with E-state index in [1.165, 1.54) is 30.3 Å². The third kappa shape index (κ3) is 4.66. The first kappa shape index (κ1) is 22.7. The Morgan fingerprint density at radius 2 is 1.78 bits per heavy atom. The molecule has 0 saturated heterocycles. The minimum atomic E-state index is -5.41. The maximum absolute atomic E-state index is 13.4. The number of Topliss-reactive ketones (excluding diaryl/α,β-unsaturated/α-hetero) is 1. The van der Waals surface area contributed by atoms with Crippen LogP contribution in [0.5, 0.6) is 5.75 Å². The summed E-state index contributed by atoms with van der Waals surface area (Å²) in [4.78, 5) is 34.8. The molecule has 1 atom stereocenters. The van der Waals surface area contributed by atoms with Gasteiger partial charge in [0.1, 0.15) is 5.75 Å². The van der Waals surface area contributed by atoms with E-state index in [1.807, 2.05) is 5.32 Å². The number of ketones is 1. The number of nitrogens with one attached hydrogen (secondary N) is 2. The Morgan fingerprint density at radius 3 is 2.34 bits per heavy atom. The topological polar surface area (TPSA) is 111 Å². The van der Waals surface area contributed by atoms with E-state index in [-0.39, 0.29) is 5.56 Å². The lowest BCUT2D eigenvalue weighted by atomic mass is 9.89. The van der Waals surface area contributed by atoms with Crippen LogP contribution in [-0.2, 0) is 4.79 Å². The largest absolute Gasteiger partial charge is 0.454 e. The summed E-state index contributed by atoms with van der Waals surface area (Å²) in [6.07, 6.45) is -5.41. The molecule has 2 N–H and O–H groups in total. The lowest BCUT2D eigenvalue weighted by Crippen LogP contribution is -2.47. The summed E-state index contributed by atoms with van der Waals surface area (Å²) in [6, 6.07) is 6.15. The number of hydrogen-bond donors (Lipinski definition) is 2. The maximum Gasteiger partial charge on any atom is 0.454 e. The number of ether oxygens (including phenoxy) is 1. The van der Waals surface area contributed by atoms with Crippen molar-refractivity contribution < 1.29 is 41.2 Å². The third-order valence-corrected chi connectivity index (χ3v) is 4.37. The minimum absolute atomic E-state index is 0.0155. The van der Waals surface area contributed by atoms with Gasteiger partial charge in [0, 0.05) is 17.7 Å². The van der Waals surface area contributed by atoms with Gasteiger partial charge in [-0.1, -0.05) is 30.3 Å². The van der Waals surface area contributed by atoms with Gasteiger partial charge < -0.3 is 15.4 Å². The number of carbonyl (C=O) groups is 2. The number of halogens is 5. The molecule has 0 radical (unpaired) electrons. The van der Waals surface area contributed by atoms with Gasteiger partial charge in [-0.05, 0) is 11.6 Å². The van der Waals surface area contributed by atoms with E-state index in [9.17, 15) is 41.7 Å². The second-order valence-corrected chi connectivity index (χ2v) is 6.37. The molecule has 168 valence electrons. The van der Waals surface area contributed by atoms with Crippen molar-refractivity contribution in [1.82, 2.24) is 10.6 Å². The molecule has 0 spiro atoms. The van der Waals surface area contributed by atoms with E-state index in [0.717, 1.165) is 12.1 Å². The highest BCUT2D eigenvalue weighted by Gasteiger charge is 2.47. The molecular weight excluding hydrogens is 445 g/mol. The average molecular weight is 457 g/mol. The molecule has 3 rings (SSSR count). The molecule has 2 amide bonds. The van der Waals surface area contributed by atoms with Crippen molar-refractivity contribution in [2.45, 2.75) is 18.8 Å². The molecule has 2 aromatic rings. The molecule has 13 heteroatoms. The van der Waals surface area contributed by atoms with Gasteiger partial charge in [-0.15, -0.1) is 0 Å². The Labute approximate surface area is 175 Å². The van der Waals surface area contributed by atoms with Gasteiger partial charge in [-0.2, -0.15) is 22.0 Å². The lowest BCUT2D eigenvalue weighted by molar-refractivity contribution is -0.385. The minimum Gasteiger partial charge on any atom is -0.434 e. The molecule has 0 aromatic heterocycles. The highest BCUT2D eigenvalue weighted by atomic mass is 19.4. The standard InChI is InChI=1S/C19H12F5N3O5/c20-17(21)32-12-7-6-10(27(30)31)8-11(12)15-13(16(28)19(22,23)24)14(25-18(29)26-15)9-4-2-1-3-5-9/h1-8,15,17H,(H2,25,26,29)/t15-/m0/s1. The molecule has 32 heavy (non-hydrogen) atoms. The number of nitrogens with zero attached hydrogens (tertiary/aromatic N) is 1. The maximum atomic E-state index is 13.4. The Hall–Kier alpha value is -4.03. The zero-order chi connectivity index (χ0) is 23.6. The first-order chi connectivity index (χ1) is 15.0. The van der Waals surface area contributed by atoms with Gasteiger partial charge >= 0.3 is 18.8 Å².